The molecule has 0 spiro atoms. The van der Waals surface area contributed by atoms with Crippen molar-refractivity contribution in [1.82, 2.24) is 4.90 Å². The van der Waals surface area contributed by atoms with Crippen molar-refractivity contribution in [2.75, 3.05) is 7.05 Å². The summed E-state index contributed by atoms with van der Waals surface area (Å²) in [7, 11) is 1.89. The Morgan fingerprint density at radius 2 is 1.74 bits per heavy atom. The Balaban J connectivity index is 2.10. The molecule has 1 aromatic carbocycles. The van der Waals surface area contributed by atoms with Gasteiger partial charge in [0.1, 0.15) is 0 Å². The van der Waals surface area contributed by atoms with Crippen molar-refractivity contribution in [2.24, 2.45) is 0 Å². The van der Waals surface area contributed by atoms with Gasteiger partial charge in [0.15, 0.2) is 0 Å². The first-order valence-corrected chi connectivity index (χ1v) is 7.57. The van der Waals surface area contributed by atoms with Gasteiger partial charge in [-0.2, -0.15) is 0 Å². The Bertz CT molecular complexity index is 453. The van der Waals surface area contributed by atoms with Crippen molar-refractivity contribution in [3.05, 3.63) is 33.8 Å². The van der Waals surface area contributed by atoms with Crippen LogP contribution in [0.15, 0.2) is 18.2 Å². The molecule has 19 heavy (non-hydrogen) atoms. The van der Waals surface area contributed by atoms with Crippen molar-refractivity contribution >= 4 is 29.1 Å². The summed E-state index contributed by atoms with van der Waals surface area (Å²) in [5.41, 5.74) is 0.612. The van der Waals surface area contributed by atoms with Gasteiger partial charge in [-0.3, -0.25) is 4.79 Å². The molecular formula is C15H19Cl2NO. The maximum atomic E-state index is 12.4. The Labute approximate surface area is 124 Å². The van der Waals surface area contributed by atoms with Gasteiger partial charge in [-0.05, 0) is 31.0 Å². The summed E-state index contributed by atoms with van der Waals surface area (Å²) in [6, 6.07) is 5.42. The molecule has 2 rings (SSSR count). The van der Waals surface area contributed by atoms with E-state index in [0.29, 0.717) is 21.7 Å². The topological polar surface area (TPSA) is 20.3 Å². The third-order valence-electron chi connectivity index (χ3n) is 3.86. The van der Waals surface area contributed by atoms with E-state index in [4.69, 9.17) is 23.2 Å². The molecule has 1 aliphatic carbocycles. The summed E-state index contributed by atoms with van der Waals surface area (Å²) < 4.78 is 0. The zero-order chi connectivity index (χ0) is 13.8. The number of benzene rings is 1. The number of rotatable bonds is 2. The zero-order valence-corrected chi connectivity index (χ0v) is 12.7. The van der Waals surface area contributed by atoms with Crippen LogP contribution in [0.3, 0.4) is 0 Å². The molecule has 1 aliphatic rings. The van der Waals surface area contributed by atoms with E-state index in [1.54, 1.807) is 18.2 Å². The van der Waals surface area contributed by atoms with Crippen LogP contribution in [0.25, 0.3) is 0 Å². The molecule has 0 bridgehead atoms. The molecule has 0 unspecified atom stereocenters. The van der Waals surface area contributed by atoms with Crippen LogP contribution in [0.1, 0.15) is 48.9 Å². The highest BCUT2D eigenvalue weighted by atomic mass is 35.5. The summed E-state index contributed by atoms with van der Waals surface area (Å²) in [6.07, 6.45) is 7.19. The molecule has 0 atom stereocenters. The number of hydrogen-bond acceptors (Lipinski definition) is 1. The largest absolute Gasteiger partial charge is 0.339 e. The first-order valence-electron chi connectivity index (χ1n) is 6.82. The van der Waals surface area contributed by atoms with Crippen molar-refractivity contribution < 1.29 is 4.79 Å². The van der Waals surface area contributed by atoms with Gasteiger partial charge in [0.2, 0.25) is 0 Å². The third kappa shape index (κ3) is 3.64. The molecule has 0 aliphatic heterocycles. The Hall–Kier alpha value is -0.730. The monoisotopic (exact) mass is 299 g/mol. The van der Waals surface area contributed by atoms with Crippen LogP contribution in [-0.4, -0.2) is 23.9 Å². The van der Waals surface area contributed by atoms with E-state index in [2.05, 4.69) is 0 Å². The maximum absolute atomic E-state index is 12.4. The van der Waals surface area contributed by atoms with Gasteiger partial charge in [0.05, 0.1) is 10.0 Å². The van der Waals surface area contributed by atoms with Crippen molar-refractivity contribution in [2.45, 2.75) is 44.6 Å². The van der Waals surface area contributed by atoms with E-state index in [0.717, 1.165) is 12.8 Å². The van der Waals surface area contributed by atoms with Gasteiger partial charge in [-0.1, -0.05) is 48.9 Å². The van der Waals surface area contributed by atoms with Crippen LogP contribution in [0, 0.1) is 0 Å². The third-order valence-corrected chi connectivity index (χ3v) is 4.60. The fourth-order valence-corrected chi connectivity index (χ4v) is 2.94. The lowest BCUT2D eigenvalue weighted by molar-refractivity contribution is 0.0717. The summed E-state index contributed by atoms with van der Waals surface area (Å²) in [5, 5.41) is 0.914. The fourth-order valence-electron chi connectivity index (χ4n) is 2.64. The molecule has 4 heteroatoms. The molecule has 1 saturated carbocycles. The van der Waals surface area contributed by atoms with E-state index in [1.165, 1.54) is 25.7 Å². The average Bonchev–Trinajstić information content (AvgIpc) is 2.69. The standard InChI is InChI=1S/C15H19Cl2NO/c1-18(12-6-4-2-3-5-7-12)15(19)11-8-9-13(16)14(17)10-11/h8-10,12H,2-7H2,1H3. The highest BCUT2D eigenvalue weighted by Gasteiger charge is 2.22. The van der Waals surface area contributed by atoms with Crippen LogP contribution in [0.4, 0.5) is 0 Å². The fraction of sp³-hybridized carbons (Fsp3) is 0.533. The number of amides is 1. The van der Waals surface area contributed by atoms with Gasteiger partial charge < -0.3 is 4.90 Å². The molecular weight excluding hydrogens is 281 g/mol. The van der Waals surface area contributed by atoms with E-state index >= 15 is 0 Å². The lowest BCUT2D eigenvalue weighted by Crippen LogP contribution is -2.36. The van der Waals surface area contributed by atoms with Crippen LogP contribution >= 0.6 is 23.2 Å². The van der Waals surface area contributed by atoms with Crippen molar-refractivity contribution in [3.63, 3.8) is 0 Å². The quantitative estimate of drug-likeness (QED) is 0.719. The second-order valence-corrected chi connectivity index (χ2v) is 6.00. The van der Waals surface area contributed by atoms with Crippen LogP contribution in [0.2, 0.25) is 10.0 Å². The zero-order valence-electron chi connectivity index (χ0n) is 11.2. The minimum Gasteiger partial charge on any atom is -0.339 e. The normalized spacial score (nSPS) is 17.0. The summed E-state index contributed by atoms with van der Waals surface area (Å²) >= 11 is 11.9. The Morgan fingerprint density at radius 1 is 1.11 bits per heavy atom. The predicted molar refractivity (Wildman–Crippen MR) is 80.0 cm³/mol. The minimum atomic E-state index is 0.0328. The minimum absolute atomic E-state index is 0.0328. The molecule has 0 saturated heterocycles. The van der Waals surface area contributed by atoms with Crippen molar-refractivity contribution in [1.29, 1.82) is 0 Å². The molecule has 0 aromatic heterocycles. The van der Waals surface area contributed by atoms with Gasteiger partial charge in [-0.15, -0.1) is 0 Å². The maximum Gasteiger partial charge on any atom is 0.253 e. The molecule has 1 fully saturated rings. The van der Waals surface area contributed by atoms with E-state index in [-0.39, 0.29) is 5.91 Å². The highest BCUT2D eigenvalue weighted by molar-refractivity contribution is 6.42. The first-order chi connectivity index (χ1) is 9.09. The van der Waals surface area contributed by atoms with E-state index in [1.807, 2.05) is 11.9 Å². The average molecular weight is 300 g/mol. The summed E-state index contributed by atoms with van der Waals surface area (Å²) in [4.78, 5) is 14.3. The van der Waals surface area contributed by atoms with Gasteiger partial charge in [0, 0.05) is 18.7 Å². The highest BCUT2D eigenvalue weighted by Crippen LogP contribution is 2.25. The Kier molecular flexibility index (Phi) is 5.12. The molecule has 104 valence electrons. The molecule has 0 N–H and O–H groups in total. The van der Waals surface area contributed by atoms with Gasteiger partial charge in [0.25, 0.3) is 5.91 Å². The number of carbonyl (C=O) groups excluding carboxylic acids is 1. The molecule has 2 nitrogen and oxygen atoms in total. The van der Waals surface area contributed by atoms with Gasteiger partial charge in [-0.25, -0.2) is 0 Å². The molecule has 1 amide bonds. The lowest BCUT2D eigenvalue weighted by Gasteiger charge is -2.27. The number of carbonyl (C=O) groups is 1. The second kappa shape index (κ2) is 6.62. The molecule has 0 heterocycles. The lowest BCUT2D eigenvalue weighted by atomic mass is 10.1. The smallest absolute Gasteiger partial charge is 0.253 e. The Morgan fingerprint density at radius 3 is 2.32 bits per heavy atom. The summed E-state index contributed by atoms with van der Waals surface area (Å²) in [6.45, 7) is 0. The molecule has 1 aromatic rings. The van der Waals surface area contributed by atoms with E-state index in [9.17, 15) is 4.79 Å². The van der Waals surface area contributed by atoms with Crippen molar-refractivity contribution in [3.8, 4) is 0 Å². The first kappa shape index (κ1) is 14.7. The SMILES string of the molecule is CN(C(=O)c1ccc(Cl)c(Cl)c1)C1CCCCCC1. The molecule has 0 radical (unpaired) electrons. The summed E-state index contributed by atoms with van der Waals surface area (Å²) in [5.74, 6) is 0.0328. The number of halogens is 2. The second-order valence-electron chi connectivity index (χ2n) is 5.19. The van der Waals surface area contributed by atoms with E-state index < -0.39 is 0 Å². The van der Waals surface area contributed by atoms with Gasteiger partial charge >= 0.3 is 0 Å². The predicted octanol–water partition coefficient (Wildman–Crippen LogP) is 4.79. The van der Waals surface area contributed by atoms with Crippen LogP contribution in [-0.2, 0) is 0 Å². The van der Waals surface area contributed by atoms with Crippen LogP contribution < -0.4 is 0 Å². The van der Waals surface area contributed by atoms with Crippen LogP contribution in [0.5, 0.6) is 0 Å². The number of hydrogen-bond donors (Lipinski definition) is 0. The number of nitrogens with zero attached hydrogens (tertiary/aromatic N) is 1.